The van der Waals surface area contributed by atoms with Crippen LogP contribution in [0.1, 0.15) is 53.0 Å². The van der Waals surface area contributed by atoms with Crippen LogP contribution in [-0.4, -0.2) is 12.1 Å². The summed E-state index contributed by atoms with van der Waals surface area (Å²) in [6.45, 7) is 12.6. The van der Waals surface area contributed by atoms with Gasteiger partial charge in [0.1, 0.15) is 5.75 Å². The summed E-state index contributed by atoms with van der Waals surface area (Å²) in [4.78, 5) is 0. The quantitative estimate of drug-likeness (QED) is 0.740. The average Bonchev–Trinajstić information content (AvgIpc) is 2.35. The molecule has 0 spiro atoms. The summed E-state index contributed by atoms with van der Waals surface area (Å²) in [6.07, 6.45) is 2.43. The van der Waals surface area contributed by atoms with Crippen molar-refractivity contribution in [3.8, 4) is 5.75 Å². The first-order valence-electron chi connectivity index (χ1n) is 7.48. The maximum atomic E-state index is 5.90. The number of ether oxygens (including phenoxy) is 1. The molecule has 0 saturated heterocycles. The Morgan fingerprint density at radius 2 is 2.00 bits per heavy atom. The fourth-order valence-corrected chi connectivity index (χ4v) is 2.34. The highest BCUT2D eigenvalue weighted by Gasteiger charge is 2.11. The third-order valence-corrected chi connectivity index (χ3v) is 3.92. The molecule has 1 aromatic carbocycles. The number of halogens is 1. The fraction of sp³-hybridized carbons (Fsp3) is 0.647. The second kappa shape index (κ2) is 8.04. The van der Waals surface area contributed by atoms with E-state index in [0.29, 0.717) is 5.92 Å². The number of benzene rings is 1. The Kier molecular flexibility index (Phi) is 7.04. The van der Waals surface area contributed by atoms with E-state index in [4.69, 9.17) is 4.74 Å². The highest BCUT2D eigenvalue weighted by Crippen LogP contribution is 2.24. The molecule has 1 aromatic rings. The molecule has 1 atom stereocenters. The molecule has 1 N–H and O–H groups in total. The molecule has 114 valence electrons. The third kappa shape index (κ3) is 6.76. The SMILES string of the molecule is CCCC(C)COc1ccc(Br)c(CNC(C)(C)C)c1. The Labute approximate surface area is 132 Å². The van der Waals surface area contributed by atoms with Gasteiger partial charge in [-0.2, -0.15) is 0 Å². The Morgan fingerprint density at radius 1 is 1.30 bits per heavy atom. The fourth-order valence-electron chi connectivity index (χ4n) is 1.95. The second-order valence-electron chi connectivity index (χ2n) is 6.56. The molecule has 0 saturated carbocycles. The van der Waals surface area contributed by atoms with Crippen molar-refractivity contribution in [3.63, 3.8) is 0 Å². The van der Waals surface area contributed by atoms with Gasteiger partial charge in [-0.3, -0.25) is 0 Å². The van der Waals surface area contributed by atoms with Gasteiger partial charge in [-0.05, 0) is 56.9 Å². The van der Waals surface area contributed by atoms with E-state index < -0.39 is 0 Å². The largest absolute Gasteiger partial charge is 0.493 e. The van der Waals surface area contributed by atoms with Gasteiger partial charge in [-0.15, -0.1) is 0 Å². The molecular formula is C17H28BrNO. The van der Waals surface area contributed by atoms with Crippen LogP contribution in [0.4, 0.5) is 0 Å². The molecule has 1 unspecified atom stereocenters. The van der Waals surface area contributed by atoms with Crippen molar-refractivity contribution in [2.75, 3.05) is 6.61 Å². The van der Waals surface area contributed by atoms with Crippen LogP contribution in [0.5, 0.6) is 5.75 Å². The summed E-state index contributed by atoms with van der Waals surface area (Å²) < 4.78 is 7.03. The summed E-state index contributed by atoms with van der Waals surface area (Å²) in [7, 11) is 0. The van der Waals surface area contributed by atoms with E-state index in [9.17, 15) is 0 Å². The van der Waals surface area contributed by atoms with Gasteiger partial charge in [-0.1, -0.05) is 36.2 Å². The van der Waals surface area contributed by atoms with Crippen molar-refractivity contribution in [1.29, 1.82) is 0 Å². The molecular weight excluding hydrogens is 314 g/mol. The van der Waals surface area contributed by atoms with Gasteiger partial charge in [0, 0.05) is 16.6 Å². The van der Waals surface area contributed by atoms with Crippen molar-refractivity contribution in [2.45, 2.75) is 59.5 Å². The van der Waals surface area contributed by atoms with E-state index in [1.165, 1.54) is 18.4 Å². The number of hydrogen-bond donors (Lipinski definition) is 1. The van der Waals surface area contributed by atoms with Crippen LogP contribution in [0.15, 0.2) is 22.7 Å². The molecule has 0 heterocycles. The van der Waals surface area contributed by atoms with Gasteiger partial charge >= 0.3 is 0 Å². The molecule has 1 rings (SSSR count). The molecule has 20 heavy (non-hydrogen) atoms. The lowest BCUT2D eigenvalue weighted by Crippen LogP contribution is -2.35. The Morgan fingerprint density at radius 3 is 2.60 bits per heavy atom. The molecule has 0 amide bonds. The van der Waals surface area contributed by atoms with E-state index in [0.717, 1.165) is 23.4 Å². The van der Waals surface area contributed by atoms with Crippen LogP contribution in [0.3, 0.4) is 0 Å². The standard InChI is InChI=1S/C17H28BrNO/c1-6-7-13(2)12-20-15-8-9-16(18)14(10-15)11-19-17(3,4)5/h8-10,13,19H,6-7,11-12H2,1-5H3. The first-order valence-corrected chi connectivity index (χ1v) is 8.27. The maximum Gasteiger partial charge on any atom is 0.119 e. The topological polar surface area (TPSA) is 21.3 Å². The van der Waals surface area contributed by atoms with Gasteiger partial charge in [-0.25, -0.2) is 0 Å². The van der Waals surface area contributed by atoms with E-state index in [2.05, 4.69) is 68.0 Å². The van der Waals surface area contributed by atoms with Crippen molar-refractivity contribution < 1.29 is 4.74 Å². The summed E-state index contributed by atoms with van der Waals surface area (Å²) in [5.74, 6) is 1.57. The van der Waals surface area contributed by atoms with Gasteiger partial charge < -0.3 is 10.1 Å². The van der Waals surface area contributed by atoms with Crippen molar-refractivity contribution in [1.82, 2.24) is 5.32 Å². The first kappa shape index (κ1) is 17.5. The number of nitrogens with one attached hydrogen (secondary N) is 1. The van der Waals surface area contributed by atoms with E-state index in [1.807, 2.05) is 6.07 Å². The lowest BCUT2D eigenvalue weighted by Gasteiger charge is -2.21. The monoisotopic (exact) mass is 341 g/mol. The third-order valence-electron chi connectivity index (χ3n) is 3.14. The Bertz CT molecular complexity index is 412. The predicted octanol–water partition coefficient (Wildman–Crippen LogP) is 5.15. The lowest BCUT2D eigenvalue weighted by molar-refractivity contribution is 0.251. The number of hydrogen-bond acceptors (Lipinski definition) is 2. The van der Waals surface area contributed by atoms with Crippen molar-refractivity contribution >= 4 is 15.9 Å². The summed E-state index contributed by atoms with van der Waals surface area (Å²) in [5, 5.41) is 3.51. The summed E-state index contributed by atoms with van der Waals surface area (Å²) >= 11 is 3.61. The summed E-state index contributed by atoms with van der Waals surface area (Å²) in [5.41, 5.74) is 1.35. The highest BCUT2D eigenvalue weighted by atomic mass is 79.9. The van der Waals surface area contributed by atoms with Crippen molar-refractivity contribution in [3.05, 3.63) is 28.2 Å². The zero-order valence-corrected chi connectivity index (χ0v) is 15.0. The maximum absolute atomic E-state index is 5.90. The molecule has 0 aromatic heterocycles. The van der Waals surface area contributed by atoms with Gasteiger partial charge in [0.05, 0.1) is 6.61 Å². The molecule has 3 heteroatoms. The van der Waals surface area contributed by atoms with Gasteiger partial charge in [0.2, 0.25) is 0 Å². The van der Waals surface area contributed by atoms with Crippen LogP contribution in [0.25, 0.3) is 0 Å². The predicted molar refractivity (Wildman–Crippen MR) is 90.3 cm³/mol. The Hall–Kier alpha value is -0.540. The average molecular weight is 342 g/mol. The van der Waals surface area contributed by atoms with E-state index in [-0.39, 0.29) is 5.54 Å². The van der Waals surface area contributed by atoms with Crippen LogP contribution in [0.2, 0.25) is 0 Å². The molecule has 2 nitrogen and oxygen atoms in total. The van der Waals surface area contributed by atoms with Crippen LogP contribution < -0.4 is 10.1 Å². The van der Waals surface area contributed by atoms with Crippen LogP contribution in [-0.2, 0) is 6.54 Å². The highest BCUT2D eigenvalue weighted by molar-refractivity contribution is 9.10. The number of rotatable bonds is 7. The van der Waals surface area contributed by atoms with Gasteiger partial charge in [0.15, 0.2) is 0 Å². The molecule has 0 radical (unpaired) electrons. The second-order valence-corrected chi connectivity index (χ2v) is 7.42. The minimum Gasteiger partial charge on any atom is -0.493 e. The zero-order valence-electron chi connectivity index (χ0n) is 13.4. The minimum absolute atomic E-state index is 0.117. The van der Waals surface area contributed by atoms with E-state index in [1.54, 1.807) is 0 Å². The molecule has 0 aliphatic rings. The van der Waals surface area contributed by atoms with Crippen molar-refractivity contribution in [2.24, 2.45) is 5.92 Å². The van der Waals surface area contributed by atoms with E-state index >= 15 is 0 Å². The van der Waals surface area contributed by atoms with Crippen LogP contribution >= 0.6 is 15.9 Å². The normalized spacial score (nSPS) is 13.3. The molecule has 0 bridgehead atoms. The smallest absolute Gasteiger partial charge is 0.119 e. The van der Waals surface area contributed by atoms with Crippen LogP contribution in [0, 0.1) is 5.92 Å². The lowest BCUT2D eigenvalue weighted by atomic mass is 10.1. The van der Waals surface area contributed by atoms with Gasteiger partial charge in [0.25, 0.3) is 0 Å². The minimum atomic E-state index is 0.117. The first-order chi connectivity index (χ1) is 9.31. The summed E-state index contributed by atoms with van der Waals surface area (Å²) in [6, 6.07) is 6.23. The zero-order chi connectivity index (χ0) is 15.2. The molecule has 0 aliphatic heterocycles. The Balaban J connectivity index is 2.61. The molecule has 0 aliphatic carbocycles. The molecule has 0 fully saturated rings.